The molecule has 0 saturated heterocycles. The molecule has 6 nitrogen and oxygen atoms in total. The van der Waals surface area contributed by atoms with Gasteiger partial charge in [-0.15, -0.1) is 0 Å². The topological polar surface area (TPSA) is 84.5 Å². The molecule has 1 atom stereocenters. The van der Waals surface area contributed by atoms with Crippen LogP contribution < -0.4 is 10.6 Å². The molecule has 0 aliphatic heterocycles. The molecule has 2 amide bonds. The average molecular weight is 467 g/mol. The number of amides is 2. The van der Waals surface area contributed by atoms with Crippen LogP contribution in [0.4, 0.5) is 5.69 Å². The Hall–Kier alpha value is -3.15. The number of hydrogen-bond donors (Lipinski definition) is 2. The second-order valence-electron chi connectivity index (χ2n) is 10.9. The Morgan fingerprint density at radius 2 is 1.47 bits per heavy atom. The number of carbonyl (C=O) groups excluding carboxylic acids is 3. The summed E-state index contributed by atoms with van der Waals surface area (Å²) in [6, 6.07) is 16.1. The first-order valence-corrected chi connectivity index (χ1v) is 11.7. The minimum absolute atomic E-state index is 0.0392. The largest absolute Gasteiger partial charge is 0.460 e. The van der Waals surface area contributed by atoms with Crippen molar-refractivity contribution in [3.05, 3.63) is 65.7 Å². The van der Waals surface area contributed by atoms with Crippen LogP contribution in [0.5, 0.6) is 0 Å². The van der Waals surface area contributed by atoms with E-state index in [9.17, 15) is 14.4 Å². The Labute approximate surface area is 203 Å². The summed E-state index contributed by atoms with van der Waals surface area (Å²) in [4.78, 5) is 37.6. The summed E-state index contributed by atoms with van der Waals surface area (Å²) in [5.41, 5.74) is 1.89. The third kappa shape index (κ3) is 9.77. The molecule has 0 aromatic heterocycles. The van der Waals surface area contributed by atoms with Gasteiger partial charge in [0.25, 0.3) is 0 Å². The molecule has 0 saturated carbocycles. The monoisotopic (exact) mass is 466 g/mol. The molecule has 0 unspecified atom stereocenters. The summed E-state index contributed by atoms with van der Waals surface area (Å²) in [5.74, 6) is -0.683. The van der Waals surface area contributed by atoms with Gasteiger partial charge in [0, 0.05) is 18.5 Å². The second-order valence-corrected chi connectivity index (χ2v) is 10.9. The van der Waals surface area contributed by atoms with Gasteiger partial charge in [-0.05, 0) is 55.9 Å². The van der Waals surface area contributed by atoms with Gasteiger partial charge in [0.1, 0.15) is 12.6 Å². The van der Waals surface area contributed by atoms with Crippen molar-refractivity contribution in [2.75, 3.05) is 5.32 Å². The van der Waals surface area contributed by atoms with Crippen molar-refractivity contribution in [1.82, 2.24) is 5.32 Å². The van der Waals surface area contributed by atoms with Gasteiger partial charge in [-0.1, -0.05) is 63.2 Å². The molecule has 2 aromatic rings. The van der Waals surface area contributed by atoms with E-state index in [1.807, 2.05) is 51.1 Å². The van der Waals surface area contributed by atoms with Gasteiger partial charge in [0.05, 0.1) is 5.41 Å². The van der Waals surface area contributed by atoms with Crippen molar-refractivity contribution in [2.45, 2.75) is 73.5 Å². The van der Waals surface area contributed by atoms with Crippen molar-refractivity contribution in [2.24, 2.45) is 10.8 Å². The normalized spacial score (nSPS) is 12.5. The Balaban J connectivity index is 2.02. The zero-order valence-electron chi connectivity index (χ0n) is 21.2. The number of rotatable bonds is 9. The van der Waals surface area contributed by atoms with Crippen LogP contribution in [0.2, 0.25) is 0 Å². The predicted molar refractivity (Wildman–Crippen MR) is 135 cm³/mol. The summed E-state index contributed by atoms with van der Waals surface area (Å²) in [6.07, 6.45) is 1.50. The maximum Gasteiger partial charge on any atom is 0.311 e. The highest BCUT2D eigenvalue weighted by molar-refractivity contribution is 5.97. The third-order valence-electron chi connectivity index (χ3n) is 5.24. The molecule has 0 bridgehead atoms. The molecule has 2 aromatic carbocycles. The number of anilines is 1. The third-order valence-corrected chi connectivity index (χ3v) is 5.24. The molecule has 0 aliphatic carbocycles. The molecule has 0 heterocycles. The maximum absolute atomic E-state index is 13.1. The lowest BCUT2D eigenvalue weighted by Crippen LogP contribution is -2.45. The zero-order valence-corrected chi connectivity index (χ0v) is 21.2. The summed E-state index contributed by atoms with van der Waals surface area (Å²) >= 11 is 0. The number of hydrogen-bond acceptors (Lipinski definition) is 4. The number of nitrogens with one attached hydrogen (secondary N) is 2. The second kappa shape index (κ2) is 11.8. The van der Waals surface area contributed by atoms with Gasteiger partial charge in [0.2, 0.25) is 11.8 Å². The average Bonchev–Trinajstić information content (AvgIpc) is 2.76. The fourth-order valence-electron chi connectivity index (χ4n) is 3.09. The van der Waals surface area contributed by atoms with E-state index in [-0.39, 0.29) is 29.8 Å². The number of benzene rings is 2. The number of esters is 1. The molecule has 2 N–H and O–H groups in total. The standard InChI is InChI=1S/C28H38N2O4/c1-27(2,3)17-16-24(31)30-23(18-20-10-8-7-9-11-20)25(32)29-22-14-12-21(13-15-22)19-34-26(33)28(4,5)6/h7-15,23H,16-19H2,1-6H3,(H,29,32)(H,30,31)/t23-/m0/s1. The number of carbonyl (C=O) groups is 3. The zero-order chi connectivity index (χ0) is 25.4. The summed E-state index contributed by atoms with van der Waals surface area (Å²) in [7, 11) is 0. The lowest BCUT2D eigenvalue weighted by molar-refractivity contribution is -0.154. The lowest BCUT2D eigenvalue weighted by Gasteiger charge is -2.21. The van der Waals surface area contributed by atoms with E-state index >= 15 is 0 Å². The van der Waals surface area contributed by atoms with Gasteiger partial charge >= 0.3 is 5.97 Å². The van der Waals surface area contributed by atoms with E-state index < -0.39 is 11.5 Å². The Morgan fingerprint density at radius 3 is 2.03 bits per heavy atom. The Kier molecular flexibility index (Phi) is 9.42. The first kappa shape index (κ1) is 27.1. The molecule has 184 valence electrons. The maximum atomic E-state index is 13.1. The minimum atomic E-state index is -0.692. The predicted octanol–water partition coefficient (Wildman–Crippen LogP) is 5.27. The quantitative estimate of drug-likeness (QED) is 0.493. The first-order valence-electron chi connectivity index (χ1n) is 11.7. The van der Waals surface area contributed by atoms with Gasteiger partial charge in [-0.25, -0.2) is 0 Å². The highest BCUT2D eigenvalue weighted by Gasteiger charge is 2.24. The van der Waals surface area contributed by atoms with Crippen LogP contribution in [0.1, 0.15) is 65.5 Å². The highest BCUT2D eigenvalue weighted by atomic mass is 16.5. The smallest absolute Gasteiger partial charge is 0.311 e. The molecule has 0 fully saturated rings. The van der Waals surface area contributed by atoms with Crippen LogP contribution in [0.15, 0.2) is 54.6 Å². The van der Waals surface area contributed by atoms with Crippen LogP contribution in [0, 0.1) is 10.8 Å². The molecule has 0 spiro atoms. The van der Waals surface area contributed by atoms with Crippen LogP contribution in [-0.4, -0.2) is 23.8 Å². The first-order chi connectivity index (χ1) is 15.8. The van der Waals surface area contributed by atoms with Crippen LogP contribution in [0.3, 0.4) is 0 Å². The molecule has 0 radical (unpaired) electrons. The Morgan fingerprint density at radius 1 is 0.853 bits per heavy atom. The molecule has 6 heteroatoms. The van der Waals surface area contributed by atoms with Gasteiger partial charge in [-0.2, -0.15) is 0 Å². The van der Waals surface area contributed by atoms with Crippen molar-refractivity contribution >= 4 is 23.5 Å². The van der Waals surface area contributed by atoms with Crippen molar-refractivity contribution < 1.29 is 19.1 Å². The van der Waals surface area contributed by atoms with E-state index in [2.05, 4.69) is 31.4 Å². The number of ether oxygens (including phenoxy) is 1. The van der Waals surface area contributed by atoms with E-state index in [1.54, 1.807) is 24.3 Å². The highest BCUT2D eigenvalue weighted by Crippen LogP contribution is 2.21. The summed E-state index contributed by atoms with van der Waals surface area (Å²) in [5, 5.41) is 5.80. The van der Waals surface area contributed by atoms with E-state index in [0.29, 0.717) is 18.5 Å². The summed E-state index contributed by atoms with van der Waals surface area (Å²) in [6.45, 7) is 11.8. The van der Waals surface area contributed by atoms with Crippen LogP contribution in [0.25, 0.3) is 0 Å². The molecular formula is C28H38N2O4. The minimum Gasteiger partial charge on any atom is -0.460 e. The summed E-state index contributed by atoms with van der Waals surface area (Å²) < 4.78 is 5.33. The van der Waals surface area contributed by atoms with Crippen LogP contribution >= 0.6 is 0 Å². The fourth-order valence-corrected chi connectivity index (χ4v) is 3.09. The fraction of sp³-hybridized carbons (Fsp3) is 0.464. The van der Waals surface area contributed by atoms with Crippen molar-refractivity contribution in [3.63, 3.8) is 0 Å². The molecule has 2 rings (SSSR count). The molecular weight excluding hydrogens is 428 g/mol. The SMILES string of the molecule is CC(C)(C)CCC(=O)N[C@@H](Cc1ccccc1)C(=O)Nc1ccc(COC(=O)C(C)(C)C)cc1. The van der Waals surface area contributed by atoms with E-state index in [4.69, 9.17) is 4.74 Å². The molecule has 0 aliphatic rings. The lowest BCUT2D eigenvalue weighted by atomic mass is 9.90. The van der Waals surface area contributed by atoms with Gasteiger partial charge in [0.15, 0.2) is 0 Å². The van der Waals surface area contributed by atoms with Crippen molar-refractivity contribution in [3.8, 4) is 0 Å². The Bertz CT molecular complexity index is 955. The van der Waals surface area contributed by atoms with E-state index in [1.165, 1.54) is 0 Å². The van der Waals surface area contributed by atoms with Crippen LogP contribution in [-0.2, 0) is 32.1 Å². The van der Waals surface area contributed by atoms with Gasteiger partial charge in [-0.3, -0.25) is 14.4 Å². The van der Waals surface area contributed by atoms with Gasteiger partial charge < -0.3 is 15.4 Å². The van der Waals surface area contributed by atoms with E-state index in [0.717, 1.165) is 17.5 Å². The molecule has 34 heavy (non-hydrogen) atoms. The van der Waals surface area contributed by atoms with Crippen molar-refractivity contribution in [1.29, 1.82) is 0 Å².